The summed E-state index contributed by atoms with van der Waals surface area (Å²) in [5.41, 5.74) is 3.85. The molecule has 2 aromatic rings. The molecule has 4 heteroatoms. The van der Waals surface area contributed by atoms with Crippen LogP contribution in [0.2, 0.25) is 0 Å². The monoisotopic (exact) mass is 335 g/mol. The number of aromatic amines is 1. The van der Waals surface area contributed by atoms with Gasteiger partial charge in [0.25, 0.3) is 0 Å². The van der Waals surface area contributed by atoms with Crippen molar-refractivity contribution < 1.29 is 0 Å². The van der Waals surface area contributed by atoms with Gasteiger partial charge in [-0.05, 0) is 56.0 Å². The highest BCUT2D eigenvalue weighted by Gasteiger charge is 2.08. The molecule has 0 bridgehead atoms. The molecule has 0 saturated heterocycles. The van der Waals surface area contributed by atoms with Crippen LogP contribution in [-0.4, -0.2) is 16.7 Å². The van der Waals surface area contributed by atoms with E-state index in [9.17, 15) is 0 Å². The number of rotatable bonds is 7. The average molecular weight is 336 g/mol. The van der Waals surface area contributed by atoms with Gasteiger partial charge < -0.3 is 5.32 Å². The molecule has 0 aliphatic carbocycles. The Morgan fingerprint density at radius 2 is 2.25 bits per heavy atom. The van der Waals surface area contributed by atoms with E-state index in [2.05, 4.69) is 69.6 Å². The highest BCUT2D eigenvalue weighted by atomic mass is 79.9. The topological polar surface area (TPSA) is 40.7 Å². The predicted molar refractivity (Wildman–Crippen MR) is 86.8 cm³/mol. The van der Waals surface area contributed by atoms with Gasteiger partial charge >= 0.3 is 0 Å². The molecule has 2 rings (SSSR count). The Labute approximate surface area is 129 Å². The van der Waals surface area contributed by atoms with Crippen molar-refractivity contribution in [3.8, 4) is 0 Å². The van der Waals surface area contributed by atoms with Gasteiger partial charge in [-0.3, -0.25) is 5.10 Å². The lowest BCUT2D eigenvalue weighted by Gasteiger charge is -2.17. The van der Waals surface area contributed by atoms with Crippen LogP contribution in [0.1, 0.15) is 42.6 Å². The molecule has 0 spiro atoms. The second-order valence-electron chi connectivity index (χ2n) is 5.09. The zero-order chi connectivity index (χ0) is 14.4. The van der Waals surface area contributed by atoms with E-state index >= 15 is 0 Å². The molecule has 0 fully saturated rings. The van der Waals surface area contributed by atoms with Gasteiger partial charge in [0.1, 0.15) is 0 Å². The van der Waals surface area contributed by atoms with Crippen LogP contribution >= 0.6 is 15.9 Å². The molecular weight excluding hydrogens is 314 g/mol. The lowest BCUT2D eigenvalue weighted by molar-refractivity contribution is 0.510. The summed E-state index contributed by atoms with van der Waals surface area (Å²) >= 11 is 3.54. The molecule has 1 aromatic heterocycles. The molecule has 0 radical (unpaired) electrons. The van der Waals surface area contributed by atoms with E-state index in [0.717, 1.165) is 30.3 Å². The minimum atomic E-state index is 0.429. The number of benzene rings is 1. The largest absolute Gasteiger partial charge is 0.310 e. The van der Waals surface area contributed by atoms with Gasteiger partial charge in [0, 0.05) is 16.2 Å². The summed E-state index contributed by atoms with van der Waals surface area (Å²) in [6.07, 6.45) is 5.23. The van der Waals surface area contributed by atoms with Crippen molar-refractivity contribution in [2.45, 2.75) is 39.2 Å². The summed E-state index contributed by atoms with van der Waals surface area (Å²) in [6.45, 7) is 5.32. The molecular formula is C16H22BrN3. The molecule has 1 unspecified atom stereocenters. The Morgan fingerprint density at radius 1 is 1.40 bits per heavy atom. The van der Waals surface area contributed by atoms with Crippen LogP contribution in [0.25, 0.3) is 0 Å². The fraction of sp³-hybridized carbons (Fsp3) is 0.438. The van der Waals surface area contributed by atoms with Crippen molar-refractivity contribution in [3.05, 3.63) is 51.8 Å². The molecule has 20 heavy (non-hydrogen) atoms. The van der Waals surface area contributed by atoms with Crippen LogP contribution in [0.15, 0.2) is 34.9 Å². The molecule has 1 atom stereocenters. The van der Waals surface area contributed by atoms with Crippen LogP contribution in [0.3, 0.4) is 0 Å². The molecule has 2 N–H and O–H groups in total. The Hall–Kier alpha value is -1.13. The first kappa shape index (κ1) is 15.3. The Kier molecular flexibility index (Phi) is 5.80. The molecule has 1 aromatic carbocycles. The van der Waals surface area contributed by atoms with E-state index < -0.39 is 0 Å². The highest BCUT2D eigenvalue weighted by molar-refractivity contribution is 9.10. The third kappa shape index (κ3) is 4.18. The maximum atomic E-state index is 4.06. The molecule has 0 amide bonds. The summed E-state index contributed by atoms with van der Waals surface area (Å²) in [5.74, 6) is 0. The SMILES string of the molecule is CCC(NCCCc1cn[nH]c1C)c1cccc(Br)c1. The van der Waals surface area contributed by atoms with Crippen LogP contribution in [0.4, 0.5) is 0 Å². The van der Waals surface area contributed by atoms with Gasteiger partial charge in [0.15, 0.2) is 0 Å². The fourth-order valence-electron chi connectivity index (χ4n) is 2.40. The quantitative estimate of drug-likeness (QED) is 0.746. The minimum Gasteiger partial charge on any atom is -0.310 e. The smallest absolute Gasteiger partial charge is 0.0522 e. The van der Waals surface area contributed by atoms with Crippen LogP contribution in [-0.2, 0) is 6.42 Å². The Bertz CT molecular complexity index is 536. The zero-order valence-electron chi connectivity index (χ0n) is 12.1. The first-order chi connectivity index (χ1) is 9.70. The second kappa shape index (κ2) is 7.60. The number of nitrogens with one attached hydrogen (secondary N) is 2. The lowest BCUT2D eigenvalue weighted by atomic mass is 10.0. The van der Waals surface area contributed by atoms with Crippen molar-refractivity contribution in [3.63, 3.8) is 0 Å². The summed E-state index contributed by atoms with van der Waals surface area (Å²) < 4.78 is 1.14. The van der Waals surface area contributed by atoms with E-state index in [1.54, 1.807) is 0 Å². The Balaban J connectivity index is 1.81. The summed E-state index contributed by atoms with van der Waals surface area (Å²) in [5, 5.41) is 10.7. The predicted octanol–water partition coefficient (Wildman–Crippen LogP) is 4.15. The zero-order valence-corrected chi connectivity index (χ0v) is 13.7. The van der Waals surface area contributed by atoms with Crippen molar-refractivity contribution >= 4 is 15.9 Å². The molecule has 0 aliphatic heterocycles. The number of hydrogen-bond acceptors (Lipinski definition) is 2. The second-order valence-corrected chi connectivity index (χ2v) is 6.01. The molecule has 0 saturated carbocycles. The van der Waals surface area contributed by atoms with Crippen molar-refractivity contribution in [2.75, 3.05) is 6.54 Å². The summed E-state index contributed by atoms with van der Waals surface area (Å²) in [7, 11) is 0. The summed E-state index contributed by atoms with van der Waals surface area (Å²) in [6, 6.07) is 8.97. The first-order valence-corrected chi connectivity index (χ1v) is 7.97. The lowest BCUT2D eigenvalue weighted by Crippen LogP contribution is -2.22. The van der Waals surface area contributed by atoms with E-state index in [1.165, 1.54) is 16.8 Å². The Morgan fingerprint density at radius 3 is 2.90 bits per heavy atom. The average Bonchev–Trinajstić information content (AvgIpc) is 2.84. The van der Waals surface area contributed by atoms with Gasteiger partial charge in [0.2, 0.25) is 0 Å². The number of aromatic nitrogens is 2. The number of H-pyrrole nitrogens is 1. The van der Waals surface area contributed by atoms with E-state index in [-0.39, 0.29) is 0 Å². The fourth-order valence-corrected chi connectivity index (χ4v) is 2.82. The summed E-state index contributed by atoms with van der Waals surface area (Å²) in [4.78, 5) is 0. The third-order valence-corrected chi connectivity index (χ3v) is 4.10. The number of halogens is 1. The standard InChI is InChI=1S/C16H22BrN3/c1-3-16(13-6-4-8-15(17)10-13)18-9-5-7-14-11-19-20-12(14)2/h4,6,8,10-11,16,18H,3,5,7,9H2,1-2H3,(H,19,20). The normalized spacial score (nSPS) is 12.6. The number of aryl methyl sites for hydroxylation is 2. The molecule has 3 nitrogen and oxygen atoms in total. The third-order valence-electron chi connectivity index (χ3n) is 3.61. The molecule has 1 heterocycles. The van der Waals surface area contributed by atoms with Gasteiger partial charge in [0.05, 0.1) is 6.20 Å². The number of hydrogen-bond donors (Lipinski definition) is 2. The van der Waals surface area contributed by atoms with Crippen LogP contribution < -0.4 is 5.32 Å². The highest BCUT2D eigenvalue weighted by Crippen LogP contribution is 2.20. The first-order valence-electron chi connectivity index (χ1n) is 7.18. The maximum absolute atomic E-state index is 4.06. The van der Waals surface area contributed by atoms with E-state index in [4.69, 9.17) is 0 Å². The van der Waals surface area contributed by atoms with Gasteiger partial charge in [-0.1, -0.05) is 35.0 Å². The molecule has 0 aliphatic rings. The molecule has 108 valence electrons. The van der Waals surface area contributed by atoms with Crippen LogP contribution in [0.5, 0.6) is 0 Å². The van der Waals surface area contributed by atoms with Crippen molar-refractivity contribution in [1.82, 2.24) is 15.5 Å². The van der Waals surface area contributed by atoms with Crippen molar-refractivity contribution in [1.29, 1.82) is 0 Å². The van der Waals surface area contributed by atoms with Crippen LogP contribution in [0, 0.1) is 6.92 Å². The van der Waals surface area contributed by atoms with Gasteiger partial charge in [-0.15, -0.1) is 0 Å². The number of nitrogens with zero attached hydrogens (tertiary/aromatic N) is 1. The minimum absolute atomic E-state index is 0.429. The van der Waals surface area contributed by atoms with Crippen molar-refractivity contribution in [2.24, 2.45) is 0 Å². The van der Waals surface area contributed by atoms with E-state index in [1.807, 2.05) is 6.20 Å². The maximum Gasteiger partial charge on any atom is 0.0522 e. The van der Waals surface area contributed by atoms with E-state index in [0.29, 0.717) is 6.04 Å². The van der Waals surface area contributed by atoms with Gasteiger partial charge in [-0.25, -0.2) is 0 Å². The van der Waals surface area contributed by atoms with Gasteiger partial charge in [-0.2, -0.15) is 5.10 Å².